The first-order valence-electron chi connectivity index (χ1n) is 9.29. The smallest absolute Gasteiger partial charge is 0.0110 e. The zero-order chi connectivity index (χ0) is 15.1. The van der Waals surface area contributed by atoms with E-state index in [1.54, 1.807) is 0 Å². The van der Waals surface area contributed by atoms with Gasteiger partial charge < -0.3 is 15.1 Å². The van der Waals surface area contributed by atoms with Crippen molar-refractivity contribution in [3.63, 3.8) is 0 Å². The normalized spacial score (nSPS) is 24.6. The molecule has 3 heteroatoms. The predicted molar refractivity (Wildman–Crippen MR) is 91.8 cm³/mol. The van der Waals surface area contributed by atoms with Crippen LogP contribution in [0.4, 0.5) is 0 Å². The highest BCUT2D eigenvalue weighted by molar-refractivity contribution is 4.89. The van der Waals surface area contributed by atoms with Crippen molar-refractivity contribution < 1.29 is 0 Å². The van der Waals surface area contributed by atoms with Crippen molar-refractivity contribution >= 4 is 0 Å². The summed E-state index contributed by atoms with van der Waals surface area (Å²) in [7, 11) is 0. The quantitative estimate of drug-likeness (QED) is 0.779. The molecule has 1 saturated heterocycles. The van der Waals surface area contributed by atoms with Gasteiger partial charge in [-0.15, -0.1) is 0 Å². The maximum atomic E-state index is 3.65. The lowest BCUT2D eigenvalue weighted by Gasteiger charge is -2.44. The van der Waals surface area contributed by atoms with Gasteiger partial charge in [0.1, 0.15) is 0 Å². The van der Waals surface area contributed by atoms with Gasteiger partial charge in [0.25, 0.3) is 0 Å². The average Bonchev–Trinajstić information content (AvgIpc) is 2.48. The summed E-state index contributed by atoms with van der Waals surface area (Å²) in [6, 6.07) is 0. The molecule has 2 aliphatic rings. The van der Waals surface area contributed by atoms with Crippen molar-refractivity contribution in [2.24, 2.45) is 11.3 Å². The summed E-state index contributed by atoms with van der Waals surface area (Å²) in [6.07, 6.45) is 7.21. The maximum absolute atomic E-state index is 3.65. The summed E-state index contributed by atoms with van der Waals surface area (Å²) in [5, 5.41) is 3.65. The minimum Gasteiger partial charge on any atom is -0.316 e. The summed E-state index contributed by atoms with van der Waals surface area (Å²) in [6.45, 7) is 17.0. The van der Waals surface area contributed by atoms with E-state index in [0.29, 0.717) is 5.41 Å². The van der Waals surface area contributed by atoms with Crippen LogP contribution in [0.2, 0.25) is 0 Å². The van der Waals surface area contributed by atoms with E-state index in [9.17, 15) is 0 Å². The third kappa shape index (κ3) is 5.54. The lowest BCUT2D eigenvalue weighted by molar-refractivity contribution is 0.0588. The molecule has 0 bridgehead atoms. The Labute approximate surface area is 132 Å². The third-order valence-corrected chi connectivity index (χ3v) is 5.31. The van der Waals surface area contributed by atoms with E-state index < -0.39 is 0 Å². The minimum atomic E-state index is 0.564. The Morgan fingerprint density at radius 3 is 2.14 bits per heavy atom. The third-order valence-electron chi connectivity index (χ3n) is 5.31. The molecular formula is C18H37N3. The molecule has 1 N–H and O–H groups in total. The SMILES string of the molecule is CCNCC1(CN2CCN(CC(C)C)CC2)CCCCC1. The van der Waals surface area contributed by atoms with Crippen LogP contribution in [-0.4, -0.2) is 62.2 Å². The second kappa shape index (κ2) is 8.50. The molecule has 0 aromatic carbocycles. The van der Waals surface area contributed by atoms with Crippen LogP contribution in [0.25, 0.3) is 0 Å². The Morgan fingerprint density at radius 2 is 1.57 bits per heavy atom. The molecule has 1 aliphatic heterocycles. The molecule has 2 rings (SSSR count). The van der Waals surface area contributed by atoms with Crippen molar-refractivity contribution in [3.05, 3.63) is 0 Å². The molecule has 0 unspecified atom stereocenters. The van der Waals surface area contributed by atoms with Gasteiger partial charge in [0.05, 0.1) is 0 Å². The van der Waals surface area contributed by atoms with Crippen LogP contribution in [0.5, 0.6) is 0 Å². The van der Waals surface area contributed by atoms with Crippen LogP contribution in [0, 0.1) is 11.3 Å². The van der Waals surface area contributed by atoms with Crippen molar-refractivity contribution in [2.45, 2.75) is 52.9 Å². The Bertz CT molecular complexity index is 276. The molecule has 124 valence electrons. The standard InChI is InChI=1S/C18H37N3/c1-4-19-15-18(8-6-5-7-9-18)16-21-12-10-20(11-13-21)14-17(2)3/h17,19H,4-16H2,1-3H3. The maximum Gasteiger partial charge on any atom is 0.0110 e. The number of rotatable bonds is 7. The highest BCUT2D eigenvalue weighted by atomic mass is 15.3. The molecule has 1 heterocycles. The summed E-state index contributed by atoms with van der Waals surface area (Å²) < 4.78 is 0. The molecule has 1 aliphatic carbocycles. The van der Waals surface area contributed by atoms with E-state index in [2.05, 4.69) is 35.9 Å². The number of piperazine rings is 1. The first-order valence-corrected chi connectivity index (χ1v) is 9.29. The van der Waals surface area contributed by atoms with Gasteiger partial charge in [0, 0.05) is 45.8 Å². The first kappa shape index (κ1) is 17.2. The van der Waals surface area contributed by atoms with Crippen LogP contribution >= 0.6 is 0 Å². The monoisotopic (exact) mass is 295 g/mol. The molecule has 0 radical (unpaired) electrons. The second-order valence-corrected chi connectivity index (χ2v) is 7.81. The topological polar surface area (TPSA) is 18.5 Å². The van der Waals surface area contributed by atoms with Crippen LogP contribution < -0.4 is 5.32 Å². The fourth-order valence-electron chi connectivity index (χ4n) is 4.20. The van der Waals surface area contributed by atoms with Crippen molar-refractivity contribution in [2.75, 3.05) is 52.4 Å². The molecule has 0 spiro atoms. The number of hydrogen-bond acceptors (Lipinski definition) is 3. The van der Waals surface area contributed by atoms with Gasteiger partial charge in [0.2, 0.25) is 0 Å². The molecule has 3 nitrogen and oxygen atoms in total. The minimum absolute atomic E-state index is 0.564. The van der Waals surface area contributed by atoms with Crippen molar-refractivity contribution in [1.29, 1.82) is 0 Å². The molecule has 2 fully saturated rings. The second-order valence-electron chi connectivity index (χ2n) is 7.81. The molecule has 1 saturated carbocycles. The first-order chi connectivity index (χ1) is 10.1. The van der Waals surface area contributed by atoms with E-state index in [-0.39, 0.29) is 0 Å². The molecule has 0 aromatic heterocycles. The van der Waals surface area contributed by atoms with E-state index in [1.807, 2.05) is 0 Å². The molecule has 0 amide bonds. The van der Waals surface area contributed by atoms with E-state index in [0.717, 1.165) is 12.5 Å². The van der Waals surface area contributed by atoms with Crippen LogP contribution in [0.3, 0.4) is 0 Å². The Kier molecular flexibility index (Phi) is 6.97. The highest BCUT2D eigenvalue weighted by Crippen LogP contribution is 2.36. The molecule has 0 atom stereocenters. The van der Waals surface area contributed by atoms with Crippen molar-refractivity contribution in [3.8, 4) is 0 Å². The fourth-order valence-corrected chi connectivity index (χ4v) is 4.20. The van der Waals surface area contributed by atoms with E-state index in [4.69, 9.17) is 0 Å². The number of nitrogens with one attached hydrogen (secondary N) is 1. The van der Waals surface area contributed by atoms with E-state index >= 15 is 0 Å². The van der Waals surface area contributed by atoms with E-state index in [1.165, 1.54) is 77.9 Å². The van der Waals surface area contributed by atoms with Gasteiger partial charge >= 0.3 is 0 Å². The Balaban J connectivity index is 1.81. The van der Waals surface area contributed by atoms with Gasteiger partial charge in [0.15, 0.2) is 0 Å². The summed E-state index contributed by atoms with van der Waals surface area (Å²) >= 11 is 0. The van der Waals surface area contributed by atoms with Gasteiger partial charge in [-0.25, -0.2) is 0 Å². The number of nitrogens with zero attached hydrogens (tertiary/aromatic N) is 2. The average molecular weight is 296 g/mol. The Morgan fingerprint density at radius 1 is 0.952 bits per heavy atom. The van der Waals surface area contributed by atoms with Gasteiger partial charge in [-0.1, -0.05) is 40.0 Å². The molecule has 0 aromatic rings. The summed E-state index contributed by atoms with van der Waals surface area (Å²) in [5.74, 6) is 0.801. The Hall–Kier alpha value is -0.120. The molecular weight excluding hydrogens is 258 g/mol. The largest absolute Gasteiger partial charge is 0.316 e. The lowest BCUT2D eigenvalue weighted by Crippen LogP contribution is -2.52. The van der Waals surface area contributed by atoms with Crippen LogP contribution in [0.15, 0.2) is 0 Å². The van der Waals surface area contributed by atoms with Gasteiger partial charge in [-0.05, 0) is 30.7 Å². The van der Waals surface area contributed by atoms with Crippen LogP contribution in [-0.2, 0) is 0 Å². The number of hydrogen-bond donors (Lipinski definition) is 1. The predicted octanol–water partition coefficient (Wildman–Crippen LogP) is 2.82. The fraction of sp³-hybridized carbons (Fsp3) is 1.00. The highest BCUT2D eigenvalue weighted by Gasteiger charge is 2.34. The lowest BCUT2D eigenvalue weighted by atomic mass is 9.73. The van der Waals surface area contributed by atoms with Crippen LogP contribution in [0.1, 0.15) is 52.9 Å². The van der Waals surface area contributed by atoms with Crippen molar-refractivity contribution in [1.82, 2.24) is 15.1 Å². The van der Waals surface area contributed by atoms with Gasteiger partial charge in [-0.2, -0.15) is 0 Å². The summed E-state index contributed by atoms with van der Waals surface area (Å²) in [5.41, 5.74) is 0.564. The zero-order valence-corrected chi connectivity index (χ0v) is 14.7. The summed E-state index contributed by atoms with van der Waals surface area (Å²) in [4.78, 5) is 5.40. The van der Waals surface area contributed by atoms with Gasteiger partial charge in [-0.3, -0.25) is 0 Å². The zero-order valence-electron chi connectivity index (χ0n) is 14.7. The molecule has 21 heavy (non-hydrogen) atoms.